The van der Waals surface area contributed by atoms with Crippen LogP contribution in [0.1, 0.15) is 26.5 Å². The molecular weight excluding hydrogens is 204 g/mol. The van der Waals surface area contributed by atoms with Gasteiger partial charge in [-0.25, -0.2) is 4.79 Å². The lowest BCUT2D eigenvalue weighted by Gasteiger charge is -2.25. The highest BCUT2D eigenvalue weighted by atomic mass is 16.2. The van der Waals surface area contributed by atoms with Crippen molar-refractivity contribution in [1.29, 1.82) is 0 Å². The Morgan fingerprint density at radius 3 is 2.62 bits per heavy atom. The summed E-state index contributed by atoms with van der Waals surface area (Å²) in [5.74, 6) is 0. The van der Waals surface area contributed by atoms with Crippen molar-refractivity contribution in [2.45, 2.75) is 32.9 Å². The average molecular weight is 224 g/mol. The number of nitrogens with zero attached hydrogens (tertiary/aromatic N) is 3. The first-order valence-electron chi connectivity index (χ1n) is 5.30. The number of amides is 2. The molecule has 2 amide bonds. The first-order valence-corrected chi connectivity index (χ1v) is 5.30. The predicted octanol–water partition coefficient (Wildman–Crippen LogP) is 1.36. The molecule has 0 fully saturated rings. The van der Waals surface area contributed by atoms with Gasteiger partial charge in [0.1, 0.15) is 0 Å². The van der Waals surface area contributed by atoms with Crippen molar-refractivity contribution in [3.8, 4) is 0 Å². The molecule has 0 aliphatic rings. The third-order valence-corrected chi connectivity index (χ3v) is 2.15. The van der Waals surface area contributed by atoms with Crippen molar-refractivity contribution in [3.05, 3.63) is 18.0 Å². The molecule has 5 nitrogen and oxygen atoms in total. The van der Waals surface area contributed by atoms with E-state index >= 15 is 0 Å². The standard InChI is InChI=1S/C11H20N4O/c1-11(2,3)13-10(16)14(4)8-9-6-7-12-15(9)5/h6-7H,8H2,1-5H3,(H,13,16). The van der Waals surface area contributed by atoms with Crippen LogP contribution in [0.2, 0.25) is 0 Å². The normalized spacial score (nSPS) is 11.3. The lowest BCUT2D eigenvalue weighted by molar-refractivity contribution is 0.196. The molecule has 0 radical (unpaired) electrons. The van der Waals surface area contributed by atoms with Gasteiger partial charge in [0.25, 0.3) is 0 Å². The van der Waals surface area contributed by atoms with Crippen molar-refractivity contribution in [2.24, 2.45) is 7.05 Å². The molecule has 0 saturated carbocycles. The number of hydrogen-bond donors (Lipinski definition) is 1. The summed E-state index contributed by atoms with van der Waals surface area (Å²) < 4.78 is 1.76. The van der Waals surface area contributed by atoms with Crippen molar-refractivity contribution in [2.75, 3.05) is 7.05 Å². The summed E-state index contributed by atoms with van der Waals surface area (Å²) in [5, 5.41) is 6.97. The highest BCUT2D eigenvalue weighted by molar-refractivity contribution is 5.74. The molecule has 0 bridgehead atoms. The summed E-state index contributed by atoms with van der Waals surface area (Å²) in [5.41, 5.74) is 0.796. The molecule has 1 N–H and O–H groups in total. The number of carbonyl (C=O) groups excluding carboxylic acids is 1. The average Bonchev–Trinajstić information content (AvgIpc) is 2.49. The second-order valence-corrected chi connectivity index (χ2v) is 4.98. The van der Waals surface area contributed by atoms with Gasteiger partial charge in [0.15, 0.2) is 0 Å². The van der Waals surface area contributed by atoms with Crippen molar-refractivity contribution in [1.82, 2.24) is 20.0 Å². The molecule has 1 aromatic rings. The highest BCUT2D eigenvalue weighted by Gasteiger charge is 2.17. The van der Waals surface area contributed by atoms with Crippen LogP contribution >= 0.6 is 0 Å². The Hall–Kier alpha value is -1.52. The Labute approximate surface area is 96.4 Å². The fourth-order valence-corrected chi connectivity index (χ4v) is 1.29. The third-order valence-electron chi connectivity index (χ3n) is 2.15. The molecule has 0 unspecified atom stereocenters. The summed E-state index contributed by atoms with van der Waals surface area (Å²) in [6.07, 6.45) is 1.73. The minimum absolute atomic E-state index is 0.0753. The van der Waals surface area contributed by atoms with Crippen LogP contribution in [-0.2, 0) is 13.6 Å². The van der Waals surface area contributed by atoms with Gasteiger partial charge in [0.05, 0.1) is 12.2 Å². The maximum Gasteiger partial charge on any atom is 0.317 e. The zero-order valence-corrected chi connectivity index (χ0v) is 10.6. The lowest BCUT2D eigenvalue weighted by atomic mass is 10.1. The topological polar surface area (TPSA) is 50.2 Å². The molecule has 1 aromatic heterocycles. The second kappa shape index (κ2) is 4.55. The smallest absolute Gasteiger partial charge is 0.317 e. The van der Waals surface area contributed by atoms with Crippen LogP contribution in [0.5, 0.6) is 0 Å². The summed E-state index contributed by atoms with van der Waals surface area (Å²) in [6, 6.07) is 1.83. The molecule has 5 heteroatoms. The van der Waals surface area contributed by atoms with Gasteiger partial charge in [0, 0.05) is 25.8 Å². The van der Waals surface area contributed by atoms with Gasteiger partial charge in [-0.15, -0.1) is 0 Å². The van der Waals surface area contributed by atoms with E-state index < -0.39 is 0 Å². The van der Waals surface area contributed by atoms with Gasteiger partial charge in [-0.3, -0.25) is 4.68 Å². The van der Waals surface area contributed by atoms with Crippen LogP contribution in [-0.4, -0.2) is 33.3 Å². The molecule has 1 heterocycles. The number of aryl methyl sites for hydroxylation is 1. The van der Waals surface area contributed by atoms with E-state index in [0.717, 1.165) is 5.69 Å². The van der Waals surface area contributed by atoms with Crippen molar-refractivity contribution < 1.29 is 4.79 Å². The van der Waals surface area contributed by atoms with E-state index in [1.807, 2.05) is 33.9 Å². The lowest BCUT2D eigenvalue weighted by Crippen LogP contribution is -2.46. The number of urea groups is 1. The second-order valence-electron chi connectivity index (χ2n) is 4.98. The molecule has 90 valence electrons. The van der Waals surface area contributed by atoms with Gasteiger partial charge < -0.3 is 10.2 Å². The van der Waals surface area contributed by atoms with Crippen LogP contribution in [0.3, 0.4) is 0 Å². The quantitative estimate of drug-likeness (QED) is 0.824. The van der Waals surface area contributed by atoms with Gasteiger partial charge in [-0.1, -0.05) is 0 Å². The first kappa shape index (κ1) is 12.5. The van der Waals surface area contributed by atoms with Crippen LogP contribution < -0.4 is 5.32 Å². The van der Waals surface area contributed by atoms with Gasteiger partial charge >= 0.3 is 6.03 Å². The maximum atomic E-state index is 11.8. The SMILES string of the molecule is CN(Cc1ccnn1C)C(=O)NC(C)(C)C. The fourth-order valence-electron chi connectivity index (χ4n) is 1.29. The fraction of sp³-hybridized carbons (Fsp3) is 0.636. The van der Waals surface area contributed by atoms with Crippen LogP contribution in [0.25, 0.3) is 0 Å². The number of carbonyl (C=O) groups is 1. The van der Waals surface area contributed by atoms with Crippen LogP contribution in [0, 0.1) is 0 Å². The van der Waals surface area contributed by atoms with E-state index in [1.54, 1.807) is 22.8 Å². The van der Waals surface area contributed by atoms with Gasteiger partial charge in [0.2, 0.25) is 0 Å². The van der Waals surface area contributed by atoms with E-state index in [1.165, 1.54) is 0 Å². The number of aromatic nitrogens is 2. The number of nitrogens with one attached hydrogen (secondary N) is 1. The Bertz CT molecular complexity index is 364. The van der Waals surface area contributed by atoms with E-state index in [2.05, 4.69) is 10.4 Å². The Kier molecular flexibility index (Phi) is 3.57. The van der Waals surface area contributed by atoms with E-state index in [9.17, 15) is 4.79 Å². The first-order chi connectivity index (χ1) is 7.29. The summed E-state index contributed by atoms with van der Waals surface area (Å²) in [7, 11) is 3.64. The number of rotatable bonds is 2. The summed E-state index contributed by atoms with van der Waals surface area (Å²) >= 11 is 0. The zero-order chi connectivity index (χ0) is 12.3. The molecule has 0 atom stereocenters. The Morgan fingerprint density at radius 1 is 1.56 bits per heavy atom. The molecule has 0 aliphatic heterocycles. The van der Waals surface area contributed by atoms with E-state index in [-0.39, 0.29) is 11.6 Å². The summed E-state index contributed by atoms with van der Waals surface area (Å²) in [4.78, 5) is 13.4. The highest BCUT2D eigenvalue weighted by Crippen LogP contribution is 2.04. The van der Waals surface area contributed by atoms with E-state index in [4.69, 9.17) is 0 Å². The Balaban J connectivity index is 2.56. The maximum absolute atomic E-state index is 11.8. The molecule has 0 aliphatic carbocycles. The van der Waals surface area contributed by atoms with Gasteiger partial charge in [-0.05, 0) is 26.8 Å². The van der Waals surface area contributed by atoms with Gasteiger partial charge in [-0.2, -0.15) is 5.10 Å². The third kappa shape index (κ3) is 3.56. The molecule has 0 saturated heterocycles. The molecule has 16 heavy (non-hydrogen) atoms. The minimum atomic E-state index is -0.211. The number of hydrogen-bond acceptors (Lipinski definition) is 2. The van der Waals surface area contributed by atoms with Crippen LogP contribution in [0.4, 0.5) is 4.79 Å². The molecule has 0 spiro atoms. The zero-order valence-electron chi connectivity index (χ0n) is 10.6. The molecular formula is C11H20N4O. The Morgan fingerprint density at radius 2 is 2.19 bits per heavy atom. The van der Waals surface area contributed by atoms with E-state index in [0.29, 0.717) is 6.54 Å². The monoisotopic (exact) mass is 224 g/mol. The van der Waals surface area contributed by atoms with Crippen LogP contribution in [0.15, 0.2) is 12.3 Å². The van der Waals surface area contributed by atoms with Crippen molar-refractivity contribution >= 4 is 6.03 Å². The largest absolute Gasteiger partial charge is 0.333 e. The minimum Gasteiger partial charge on any atom is -0.333 e. The molecule has 1 rings (SSSR count). The molecule has 0 aromatic carbocycles. The van der Waals surface area contributed by atoms with Crippen molar-refractivity contribution in [3.63, 3.8) is 0 Å². The summed E-state index contributed by atoms with van der Waals surface area (Å²) in [6.45, 7) is 6.44. The predicted molar refractivity (Wildman–Crippen MR) is 63.0 cm³/mol.